The van der Waals surface area contributed by atoms with Gasteiger partial charge in [0.1, 0.15) is 0 Å². The Morgan fingerprint density at radius 1 is 1.00 bits per heavy atom. The average molecular weight is 334 g/mol. The lowest BCUT2D eigenvalue weighted by molar-refractivity contribution is 0.0713. The molecule has 0 N–H and O–H groups in total. The largest absolute Gasteiger partial charge is 0.339 e. The van der Waals surface area contributed by atoms with Crippen LogP contribution < -0.4 is 0 Å². The van der Waals surface area contributed by atoms with E-state index in [2.05, 4.69) is 24.3 Å². The van der Waals surface area contributed by atoms with Crippen LogP contribution in [0.2, 0.25) is 10.0 Å². The summed E-state index contributed by atoms with van der Waals surface area (Å²) < 4.78 is 0. The van der Waals surface area contributed by atoms with Crippen molar-refractivity contribution in [3.05, 3.63) is 69.7 Å². The van der Waals surface area contributed by atoms with Gasteiger partial charge in [0, 0.05) is 18.1 Å². The zero-order chi connectivity index (χ0) is 15.5. The fourth-order valence-corrected chi connectivity index (χ4v) is 3.46. The van der Waals surface area contributed by atoms with E-state index in [1.54, 1.807) is 18.2 Å². The lowest BCUT2D eigenvalue weighted by atomic mass is 9.89. The Bertz CT molecular complexity index is 664. The maximum Gasteiger partial charge on any atom is 0.255 e. The molecule has 2 nitrogen and oxygen atoms in total. The second-order valence-electron chi connectivity index (χ2n) is 5.60. The maximum atomic E-state index is 12.6. The van der Waals surface area contributed by atoms with E-state index in [0.29, 0.717) is 21.5 Å². The molecule has 0 spiro atoms. The molecule has 0 atom stereocenters. The number of piperidine rings is 1. The molecule has 2 aromatic carbocycles. The van der Waals surface area contributed by atoms with E-state index >= 15 is 0 Å². The van der Waals surface area contributed by atoms with Crippen LogP contribution in [0.25, 0.3) is 0 Å². The van der Waals surface area contributed by atoms with Crippen LogP contribution in [0.15, 0.2) is 48.5 Å². The summed E-state index contributed by atoms with van der Waals surface area (Å²) in [5.74, 6) is 0.527. The van der Waals surface area contributed by atoms with Crippen molar-refractivity contribution in [2.24, 2.45) is 0 Å². The Kier molecular flexibility index (Phi) is 4.70. The molecule has 0 unspecified atom stereocenters. The molecule has 3 rings (SSSR count). The van der Waals surface area contributed by atoms with E-state index in [9.17, 15) is 4.79 Å². The fourth-order valence-electron chi connectivity index (χ4n) is 2.97. The molecule has 0 saturated carbocycles. The maximum absolute atomic E-state index is 12.6. The van der Waals surface area contributed by atoms with Gasteiger partial charge in [0.15, 0.2) is 0 Å². The first-order valence-corrected chi connectivity index (χ1v) is 8.20. The molecule has 0 radical (unpaired) electrons. The summed E-state index contributed by atoms with van der Waals surface area (Å²) in [6.45, 7) is 1.52. The third-order valence-electron chi connectivity index (χ3n) is 4.21. The summed E-state index contributed by atoms with van der Waals surface area (Å²) >= 11 is 12.0. The zero-order valence-electron chi connectivity index (χ0n) is 12.1. The van der Waals surface area contributed by atoms with Gasteiger partial charge < -0.3 is 4.90 Å². The number of benzene rings is 2. The molecular formula is C18H17Cl2NO. The molecular weight excluding hydrogens is 317 g/mol. The summed E-state index contributed by atoms with van der Waals surface area (Å²) in [5, 5.41) is 0.965. The molecule has 1 fully saturated rings. The molecule has 1 aliphatic heterocycles. The summed E-state index contributed by atoms with van der Waals surface area (Å²) in [5.41, 5.74) is 1.89. The van der Waals surface area contributed by atoms with E-state index in [1.807, 2.05) is 11.0 Å². The highest BCUT2D eigenvalue weighted by Crippen LogP contribution is 2.29. The number of amides is 1. The van der Waals surface area contributed by atoms with Gasteiger partial charge in [-0.3, -0.25) is 4.79 Å². The SMILES string of the molecule is O=C(c1ccc(Cl)cc1Cl)N1CCC(c2ccccc2)CC1. The monoisotopic (exact) mass is 333 g/mol. The topological polar surface area (TPSA) is 20.3 Å². The Balaban J connectivity index is 1.67. The Morgan fingerprint density at radius 3 is 2.32 bits per heavy atom. The van der Waals surface area contributed by atoms with Crippen LogP contribution in [0.1, 0.15) is 34.7 Å². The molecule has 0 aromatic heterocycles. The Morgan fingerprint density at radius 2 is 1.68 bits per heavy atom. The molecule has 1 amide bonds. The Labute approximate surface area is 140 Å². The van der Waals surface area contributed by atoms with Gasteiger partial charge in [-0.2, -0.15) is 0 Å². The van der Waals surface area contributed by atoms with Crippen molar-refractivity contribution in [3.63, 3.8) is 0 Å². The second kappa shape index (κ2) is 6.72. The molecule has 114 valence electrons. The number of halogens is 2. The minimum Gasteiger partial charge on any atom is -0.339 e. The number of hydrogen-bond donors (Lipinski definition) is 0. The zero-order valence-corrected chi connectivity index (χ0v) is 13.6. The molecule has 22 heavy (non-hydrogen) atoms. The molecule has 0 aliphatic carbocycles. The van der Waals surface area contributed by atoms with Crippen molar-refractivity contribution in [3.8, 4) is 0 Å². The minimum atomic E-state index is -0.00632. The quantitative estimate of drug-likeness (QED) is 0.756. The van der Waals surface area contributed by atoms with E-state index in [4.69, 9.17) is 23.2 Å². The van der Waals surface area contributed by atoms with Gasteiger partial charge in [0.05, 0.1) is 10.6 Å². The van der Waals surface area contributed by atoms with Gasteiger partial charge in [-0.1, -0.05) is 53.5 Å². The summed E-state index contributed by atoms with van der Waals surface area (Å²) in [4.78, 5) is 14.5. The van der Waals surface area contributed by atoms with E-state index in [1.165, 1.54) is 5.56 Å². The van der Waals surface area contributed by atoms with Crippen molar-refractivity contribution in [1.29, 1.82) is 0 Å². The number of likely N-dealkylation sites (tertiary alicyclic amines) is 1. The summed E-state index contributed by atoms with van der Waals surface area (Å²) in [6.07, 6.45) is 1.97. The first-order valence-electron chi connectivity index (χ1n) is 7.44. The number of rotatable bonds is 2. The third-order valence-corrected chi connectivity index (χ3v) is 4.76. The fraction of sp³-hybridized carbons (Fsp3) is 0.278. The average Bonchev–Trinajstić information content (AvgIpc) is 2.55. The molecule has 0 bridgehead atoms. The van der Waals surface area contributed by atoms with Crippen molar-refractivity contribution < 1.29 is 4.79 Å². The van der Waals surface area contributed by atoms with Gasteiger partial charge in [-0.15, -0.1) is 0 Å². The van der Waals surface area contributed by atoms with Gasteiger partial charge >= 0.3 is 0 Å². The number of carbonyl (C=O) groups is 1. The van der Waals surface area contributed by atoms with Crippen molar-refractivity contribution in [2.45, 2.75) is 18.8 Å². The predicted molar refractivity (Wildman–Crippen MR) is 90.8 cm³/mol. The lowest BCUT2D eigenvalue weighted by Gasteiger charge is -2.32. The summed E-state index contributed by atoms with van der Waals surface area (Å²) in [7, 11) is 0. The van der Waals surface area contributed by atoms with Crippen LogP contribution in [0.5, 0.6) is 0 Å². The number of nitrogens with zero attached hydrogens (tertiary/aromatic N) is 1. The predicted octanol–water partition coefficient (Wildman–Crippen LogP) is 5.01. The van der Waals surface area contributed by atoms with Crippen LogP contribution in [0.3, 0.4) is 0 Å². The van der Waals surface area contributed by atoms with Crippen molar-refractivity contribution in [1.82, 2.24) is 4.90 Å². The van der Waals surface area contributed by atoms with Crippen LogP contribution in [0, 0.1) is 0 Å². The molecule has 1 saturated heterocycles. The molecule has 4 heteroatoms. The van der Waals surface area contributed by atoms with Gasteiger partial charge in [-0.05, 0) is 42.5 Å². The molecule has 2 aromatic rings. The van der Waals surface area contributed by atoms with Crippen LogP contribution in [-0.2, 0) is 0 Å². The Hall–Kier alpha value is -1.51. The van der Waals surface area contributed by atoms with Crippen LogP contribution in [-0.4, -0.2) is 23.9 Å². The first-order chi connectivity index (χ1) is 10.6. The highest BCUT2D eigenvalue weighted by atomic mass is 35.5. The van der Waals surface area contributed by atoms with Crippen molar-refractivity contribution in [2.75, 3.05) is 13.1 Å². The third kappa shape index (κ3) is 3.29. The lowest BCUT2D eigenvalue weighted by Crippen LogP contribution is -2.38. The number of carbonyl (C=O) groups excluding carboxylic acids is 1. The van der Waals surface area contributed by atoms with Gasteiger partial charge in [0.25, 0.3) is 5.91 Å². The van der Waals surface area contributed by atoms with Crippen molar-refractivity contribution >= 4 is 29.1 Å². The molecule has 1 heterocycles. The normalized spacial score (nSPS) is 15.8. The van der Waals surface area contributed by atoms with Gasteiger partial charge in [-0.25, -0.2) is 0 Å². The van der Waals surface area contributed by atoms with E-state index in [0.717, 1.165) is 25.9 Å². The van der Waals surface area contributed by atoms with Crippen LogP contribution in [0.4, 0.5) is 0 Å². The highest BCUT2D eigenvalue weighted by Gasteiger charge is 2.25. The number of hydrogen-bond acceptors (Lipinski definition) is 1. The standard InChI is InChI=1S/C18H17Cl2NO/c19-15-6-7-16(17(20)12-15)18(22)21-10-8-14(9-11-21)13-4-2-1-3-5-13/h1-7,12,14H,8-11H2. The summed E-state index contributed by atoms with van der Waals surface area (Å²) in [6, 6.07) is 15.5. The smallest absolute Gasteiger partial charge is 0.255 e. The van der Waals surface area contributed by atoms with Gasteiger partial charge in [0.2, 0.25) is 0 Å². The first kappa shape index (κ1) is 15.4. The highest BCUT2D eigenvalue weighted by molar-refractivity contribution is 6.36. The molecule has 1 aliphatic rings. The van der Waals surface area contributed by atoms with Crippen LogP contribution >= 0.6 is 23.2 Å². The second-order valence-corrected chi connectivity index (χ2v) is 6.44. The van der Waals surface area contributed by atoms with E-state index < -0.39 is 0 Å². The van der Waals surface area contributed by atoms with E-state index in [-0.39, 0.29) is 5.91 Å². The minimum absolute atomic E-state index is 0.00632.